The van der Waals surface area contributed by atoms with Crippen molar-refractivity contribution >= 4 is 26.2 Å². The van der Waals surface area contributed by atoms with Crippen molar-refractivity contribution in [1.82, 2.24) is 0 Å². The van der Waals surface area contributed by atoms with Crippen LogP contribution in [0, 0.1) is 0 Å². The van der Waals surface area contributed by atoms with Gasteiger partial charge in [-0.15, -0.1) is 11.3 Å². The topological polar surface area (TPSA) is 46.2 Å². The van der Waals surface area contributed by atoms with E-state index in [0.717, 1.165) is 0 Å². The quantitative estimate of drug-likeness (QED) is 0.668. The highest BCUT2D eigenvalue weighted by Crippen LogP contribution is 2.31. The molecule has 1 aromatic rings. The molecule has 0 atom stereocenters. The van der Waals surface area contributed by atoms with Crippen molar-refractivity contribution in [2.45, 2.75) is 4.90 Å². The summed E-state index contributed by atoms with van der Waals surface area (Å²) in [7, 11) is -3.13. The van der Waals surface area contributed by atoms with E-state index in [0.29, 0.717) is 9.90 Å². The highest BCUT2D eigenvalue weighted by atomic mass is 32.2. The van der Waals surface area contributed by atoms with Crippen molar-refractivity contribution in [2.24, 2.45) is 0 Å². The highest BCUT2D eigenvalue weighted by molar-refractivity contribution is 7.94. The number of anilines is 1. The van der Waals surface area contributed by atoms with Crippen LogP contribution in [0.4, 0.5) is 5.00 Å². The summed E-state index contributed by atoms with van der Waals surface area (Å²) < 4.78 is 22.4. The zero-order valence-electron chi connectivity index (χ0n) is 5.44. The lowest BCUT2D eigenvalue weighted by molar-refractivity contribution is 0.605. The molecule has 0 spiro atoms. The van der Waals surface area contributed by atoms with Crippen LogP contribution in [-0.4, -0.2) is 8.42 Å². The third kappa shape index (κ3) is 0.965. The molecule has 58 valence electrons. The Morgan fingerprint density at radius 3 is 3.00 bits per heavy atom. The molecular weight excluding hydrogens is 182 g/mol. The van der Waals surface area contributed by atoms with Crippen molar-refractivity contribution in [3.05, 3.63) is 23.1 Å². The summed E-state index contributed by atoms with van der Waals surface area (Å²) in [6.07, 6.45) is 1.44. The zero-order chi connectivity index (χ0) is 7.90. The van der Waals surface area contributed by atoms with Gasteiger partial charge in [-0.05, 0) is 11.4 Å². The number of hydrogen-bond donors (Lipinski definition) is 1. The monoisotopic (exact) mass is 187 g/mol. The van der Waals surface area contributed by atoms with Crippen LogP contribution in [-0.2, 0) is 9.84 Å². The minimum absolute atomic E-state index is 0.380. The second-order valence-corrected chi connectivity index (χ2v) is 4.82. The number of rotatable bonds is 0. The molecule has 1 aliphatic heterocycles. The van der Waals surface area contributed by atoms with Crippen molar-refractivity contribution < 1.29 is 8.42 Å². The van der Waals surface area contributed by atoms with Gasteiger partial charge in [-0.1, -0.05) is 0 Å². The van der Waals surface area contributed by atoms with Gasteiger partial charge >= 0.3 is 0 Å². The smallest absolute Gasteiger partial charge is 0.204 e. The number of sulfone groups is 1. The molecule has 0 saturated carbocycles. The lowest BCUT2D eigenvalue weighted by Crippen LogP contribution is -2.03. The third-order valence-corrected chi connectivity index (χ3v) is 3.82. The molecule has 1 aliphatic rings. The molecule has 1 N–H and O–H groups in total. The summed E-state index contributed by atoms with van der Waals surface area (Å²) in [6, 6.07) is 1.60. The Hall–Kier alpha value is -0.810. The summed E-state index contributed by atoms with van der Waals surface area (Å²) >= 11 is 1.39. The first kappa shape index (κ1) is 6.87. The van der Waals surface area contributed by atoms with E-state index >= 15 is 0 Å². The van der Waals surface area contributed by atoms with E-state index in [1.54, 1.807) is 11.4 Å². The minimum atomic E-state index is -3.13. The van der Waals surface area contributed by atoms with Crippen LogP contribution in [0.1, 0.15) is 0 Å². The number of thiophene rings is 1. The van der Waals surface area contributed by atoms with Crippen LogP contribution >= 0.6 is 11.3 Å². The largest absolute Gasteiger partial charge is 0.352 e. The van der Waals surface area contributed by atoms with Crippen LogP contribution < -0.4 is 5.32 Å². The number of hydrogen-bond acceptors (Lipinski definition) is 4. The highest BCUT2D eigenvalue weighted by Gasteiger charge is 2.19. The molecule has 0 bridgehead atoms. The van der Waals surface area contributed by atoms with E-state index in [9.17, 15) is 8.42 Å². The molecule has 1 aromatic heterocycles. The maximum atomic E-state index is 11.2. The first-order chi connectivity index (χ1) is 5.20. The molecule has 0 aromatic carbocycles. The lowest BCUT2D eigenvalue weighted by Gasteiger charge is -2.06. The van der Waals surface area contributed by atoms with Gasteiger partial charge in [0.05, 0.1) is 5.41 Å². The summed E-state index contributed by atoms with van der Waals surface area (Å²) in [4.78, 5) is 0.380. The van der Waals surface area contributed by atoms with E-state index in [4.69, 9.17) is 0 Å². The summed E-state index contributed by atoms with van der Waals surface area (Å²) in [5, 5.41) is 6.48. The maximum absolute atomic E-state index is 11.2. The van der Waals surface area contributed by atoms with Crippen LogP contribution in [0.25, 0.3) is 0 Å². The Morgan fingerprint density at radius 2 is 2.27 bits per heavy atom. The molecule has 0 aliphatic carbocycles. The Balaban J connectivity index is 2.75. The average Bonchev–Trinajstić information content (AvgIpc) is 2.34. The normalized spacial score (nSPS) is 18.9. The van der Waals surface area contributed by atoms with Gasteiger partial charge in [0, 0.05) is 6.20 Å². The molecule has 0 fully saturated rings. The fourth-order valence-corrected chi connectivity index (χ4v) is 3.11. The van der Waals surface area contributed by atoms with Crippen LogP contribution in [0.5, 0.6) is 0 Å². The Kier molecular flexibility index (Phi) is 1.30. The molecule has 2 heterocycles. The standard InChI is InChI=1S/C6H5NO2S2/c8-11(9)4-2-7-6-5(11)1-3-10-6/h1-4,7H. The molecule has 5 heteroatoms. The maximum Gasteiger partial charge on any atom is 0.204 e. The average molecular weight is 187 g/mol. The van der Waals surface area contributed by atoms with Gasteiger partial charge in [0.15, 0.2) is 0 Å². The summed E-state index contributed by atoms with van der Waals surface area (Å²) in [5.41, 5.74) is 0. The molecule has 0 amide bonds. The van der Waals surface area contributed by atoms with E-state index in [-0.39, 0.29) is 0 Å². The van der Waals surface area contributed by atoms with Gasteiger partial charge in [0.1, 0.15) is 9.90 Å². The molecule has 11 heavy (non-hydrogen) atoms. The summed E-state index contributed by atoms with van der Waals surface area (Å²) in [6.45, 7) is 0. The van der Waals surface area contributed by atoms with Crippen LogP contribution in [0.2, 0.25) is 0 Å². The van der Waals surface area contributed by atoms with Crippen molar-refractivity contribution in [1.29, 1.82) is 0 Å². The van der Waals surface area contributed by atoms with E-state index in [2.05, 4.69) is 5.32 Å². The molecule has 0 saturated heterocycles. The first-order valence-corrected chi connectivity index (χ1v) is 5.38. The fourth-order valence-electron chi connectivity index (χ4n) is 0.899. The van der Waals surface area contributed by atoms with Gasteiger partial charge in [-0.2, -0.15) is 0 Å². The third-order valence-electron chi connectivity index (χ3n) is 1.40. The summed E-state index contributed by atoms with van der Waals surface area (Å²) in [5.74, 6) is 0. The van der Waals surface area contributed by atoms with Gasteiger partial charge in [0.25, 0.3) is 0 Å². The Bertz CT molecular complexity index is 402. The predicted octanol–water partition coefficient (Wildman–Crippen LogP) is 1.42. The van der Waals surface area contributed by atoms with Crippen LogP contribution in [0.15, 0.2) is 27.9 Å². The minimum Gasteiger partial charge on any atom is -0.352 e. The van der Waals surface area contributed by atoms with Gasteiger partial charge < -0.3 is 5.32 Å². The van der Waals surface area contributed by atoms with Gasteiger partial charge in [-0.25, -0.2) is 8.42 Å². The van der Waals surface area contributed by atoms with E-state index in [1.807, 2.05) is 0 Å². The number of nitrogens with one attached hydrogen (secondary N) is 1. The van der Waals surface area contributed by atoms with Crippen LogP contribution in [0.3, 0.4) is 0 Å². The second kappa shape index (κ2) is 2.09. The second-order valence-electron chi connectivity index (χ2n) is 2.11. The molecule has 2 rings (SSSR count). The number of fused-ring (bicyclic) bond motifs is 1. The van der Waals surface area contributed by atoms with E-state index < -0.39 is 9.84 Å². The Labute approximate surface area is 68.3 Å². The zero-order valence-corrected chi connectivity index (χ0v) is 7.08. The first-order valence-electron chi connectivity index (χ1n) is 2.96. The lowest BCUT2D eigenvalue weighted by atomic mass is 10.6. The fraction of sp³-hybridized carbons (Fsp3) is 0. The van der Waals surface area contributed by atoms with Gasteiger partial charge in [0.2, 0.25) is 9.84 Å². The molecule has 0 radical (unpaired) electrons. The Morgan fingerprint density at radius 1 is 1.45 bits per heavy atom. The van der Waals surface area contributed by atoms with Crippen molar-refractivity contribution in [3.8, 4) is 0 Å². The van der Waals surface area contributed by atoms with Crippen molar-refractivity contribution in [2.75, 3.05) is 5.32 Å². The molecule has 0 unspecified atom stereocenters. The molecular formula is C6H5NO2S2. The molecule has 3 nitrogen and oxygen atoms in total. The SMILES string of the molecule is O=S1(=O)C=CNc2sccc21. The van der Waals surface area contributed by atoms with Gasteiger partial charge in [-0.3, -0.25) is 0 Å². The van der Waals surface area contributed by atoms with Crippen molar-refractivity contribution in [3.63, 3.8) is 0 Å². The van der Waals surface area contributed by atoms with E-state index in [1.165, 1.54) is 22.9 Å². The predicted molar refractivity (Wildman–Crippen MR) is 44.3 cm³/mol.